The molecule has 0 N–H and O–H groups in total. The van der Waals surface area contributed by atoms with Gasteiger partial charge in [0.2, 0.25) is 5.76 Å². The Morgan fingerprint density at radius 1 is 1.35 bits per heavy atom. The maximum atomic E-state index is 12.0. The van der Waals surface area contributed by atoms with E-state index < -0.39 is 5.97 Å². The zero-order valence-corrected chi connectivity index (χ0v) is 12.5. The minimum absolute atomic E-state index is 0.125. The molecule has 108 valence electrons. The number of furan rings is 1. The van der Waals surface area contributed by atoms with Crippen molar-refractivity contribution in [3.63, 3.8) is 0 Å². The maximum absolute atomic E-state index is 12.0. The Hall–Kier alpha value is -1.81. The molecule has 1 aromatic carbocycles. The highest BCUT2D eigenvalue weighted by atomic mass is 16.6. The van der Waals surface area contributed by atoms with Crippen molar-refractivity contribution in [2.75, 3.05) is 20.6 Å². The number of ether oxygens (including phenoxy) is 1. The third-order valence-electron chi connectivity index (χ3n) is 3.16. The number of hydrogen-bond acceptors (Lipinski definition) is 4. The summed E-state index contributed by atoms with van der Waals surface area (Å²) in [5, 5.41) is 0.929. The predicted molar refractivity (Wildman–Crippen MR) is 79.0 cm³/mol. The van der Waals surface area contributed by atoms with Gasteiger partial charge in [0.25, 0.3) is 0 Å². The number of aryl methyl sites for hydroxylation is 1. The average molecular weight is 275 g/mol. The molecular formula is C16H21NO3. The molecule has 1 heterocycles. The van der Waals surface area contributed by atoms with Crippen molar-refractivity contribution >= 4 is 16.9 Å². The van der Waals surface area contributed by atoms with Crippen LogP contribution in [0.25, 0.3) is 11.0 Å². The highest BCUT2D eigenvalue weighted by molar-refractivity contribution is 5.92. The number of benzene rings is 1. The third kappa shape index (κ3) is 3.61. The lowest BCUT2D eigenvalue weighted by Gasteiger charge is -2.15. The Balaban J connectivity index is 2.03. The standard InChI is InChI=1S/C16H21NO3/c1-11-5-6-14-13(9-11)10-15(20-14)16(18)19-12(2)7-8-17(3)4/h5-6,9-10,12H,7-8H2,1-4H3. The molecule has 0 aliphatic heterocycles. The quantitative estimate of drug-likeness (QED) is 0.786. The predicted octanol–water partition coefficient (Wildman–Crippen LogP) is 3.24. The average Bonchev–Trinajstić information content (AvgIpc) is 2.79. The molecule has 1 atom stereocenters. The SMILES string of the molecule is Cc1ccc2oc(C(=O)OC(C)CCN(C)C)cc2c1. The molecule has 0 saturated heterocycles. The highest BCUT2D eigenvalue weighted by Crippen LogP contribution is 2.21. The van der Waals surface area contributed by atoms with Crippen LogP contribution in [0.2, 0.25) is 0 Å². The summed E-state index contributed by atoms with van der Waals surface area (Å²) in [5.74, 6) is -0.132. The molecule has 0 radical (unpaired) electrons. The van der Waals surface area contributed by atoms with Crippen molar-refractivity contribution in [1.82, 2.24) is 4.90 Å². The summed E-state index contributed by atoms with van der Waals surface area (Å²) in [7, 11) is 3.99. The van der Waals surface area contributed by atoms with Crippen LogP contribution >= 0.6 is 0 Å². The van der Waals surface area contributed by atoms with E-state index in [1.807, 2.05) is 46.1 Å². The van der Waals surface area contributed by atoms with Crippen LogP contribution in [-0.4, -0.2) is 37.6 Å². The first-order valence-corrected chi connectivity index (χ1v) is 6.81. The fourth-order valence-electron chi connectivity index (χ4n) is 2.00. The Labute approximate surface area is 119 Å². The van der Waals surface area contributed by atoms with E-state index >= 15 is 0 Å². The Morgan fingerprint density at radius 2 is 2.10 bits per heavy atom. The van der Waals surface area contributed by atoms with Crippen molar-refractivity contribution in [3.8, 4) is 0 Å². The first-order valence-electron chi connectivity index (χ1n) is 6.81. The van der Waals surface area contributed by atoms with Gasteiger partial charge in [0.1, 0.15) is 11.7 Å². The van der Waals surface area contributed by atoms with Crippen LogP contribution in [0.3, 0.4) is 0 Å². The van der Waals surface area contributed by atoms with Crippen LogP contribution in [-0.2, 0) is 4.74 Å². The molecule has 4 nitrogen and oxygen atoms in total. The van der Waals surface area contributed by atoms with Gasteiger partial charge >= 0.3 is 5.97 Å². The van der Waals surface area contributed by atoms with Crippen molar-refractivity contribution in [2.24, 2.45) is 0 Å². The van der Waals surface area contributed by atoms with E-state index in [0.29, 0.717) is 5.58 Å². The fraction of sp³-hybridized carbons (Fsp3) is 0.438. The number of esters is 1. The van der Waals surface area contributed by atoms with E-state index in [9.17, 15) is 4.79 Å². The van der Waals surface area contributed by atoms with Gasteiger partial charge in [-0.3, -0.25) is 0 Å². The van der Waals surface area contributed by atoms with Crippen LogP contribution in [0.5, 0.6) is 0 Å². The minimum atomic E-state index is -0.398. The molecule has 0 amide bonds. The van der Waals surface area contributed by atoms with Crippen LogP contribution in [0.4, 0.5) is 0 Å². The molecule has 1 unspecified atom stereocenters. The molecule has 0 fully saturated rings. The second-order valence-corrected chi connectivity index (χ2v) is 5.46. The normalized spacial score (nSPS) is 12.8. The smallest absolute Gasteiger partial charge is 0.374 e. The van der Waals surface area contributed by atoms with E-state index in [2.05, 4.69) is 4.90 Å². The first-order chi connectivity index (χ1) is 9.45. The lowest BCUT2D eigenvalue weighted by Crippen LogP contribution is -2.21. The van der Waals surface area contributed by atoms with Crippen molar-refractivity contribution < 1.29 is 13.9 Å². The van der Waals surface area contributed by atoms with Gasteiger partial charge < -0.3 is 14.1 Å². The molecule has 0 aliphatic rings. The Kier molecular flexibility index (Phi) is 4.45. The Bertz CT molecular complexity index is 601. The molecule has 2 rings (SSSR count). The molecule has 4 heteroatoms. The lowest BCUT2D eigenvalue weighted by molar-refractivity contribution is 0.0278. The second-order valence-electron chi connectivity index (χ2n) is 5.46. The Morgan fingerprint density at radius 3 is 2.80 bits per heavy atom. The molecule has 0 aliphatic carbocycles. The van der Waals surface area contributed by atoms with Crippen molar-refractivity contribution in [2.45, 2.75) is 26.4 Å². The molecule has 1 aromatic heterocycles. The van der Waals surface area contributed by atoms with Gasteiger partial charge in [-0.25, -0.2) is 4.79 Å². The number of fused-ring (bicyclic) bond motifs is 1. The topological polar surface area (TPSA) is 42.7 Å². The molecule has 2 aromatic rings. The van der Waals surface area contributed by atoms with E-state index in [4.69, 9.17) is 9.15 Å². The minimum Gasteiger partial charge on any atom is -0.457 e. The van der Waals surface area contributed by atoms with Gasteiger partial charge in [-0.2, -0.15) is 0 Å². The third-order valence-corrected chi connectivity index (χ3v) is 3.16. The van der Waals surface area contributed by atoms with E-state index in [-0.39, 0.29) is 11.9 Å². The van der Waals surface area contributed by atoms with E-state index in [1.165, 1.54) is 0 Å². The molecule has 0 bridgehead atoms. The van der Waals surface area contributed by atoms with Crippen molar-refractivity contribution in [3.05, 3.63) is 35.6 Å². The summed E-state index contributed by atoms with van der Waals surface area (Å²) in [6.07, 6.45) is 0.679. The maximum Gasteiger partial charge on any atom is 0.374 e. The van der Waals surface area contributed by atoms with Crippen LogP contribution in [0, 0.1) is 6.92 Å². The van der Waals surface area contributed by atoms with E-state index in [1.54, 1.807) is 6.07 Å². The number of rotatable bonds is 5. The lowest BCUT2D eigenvalue weighted by atomic mass is 10.2. The zero-order valence-electron chi connectivity index (χ0n) is 12.5. The second kappa shape index (κ2) is 6.09. The molecular weight excluding hydrogens is 254 g/mol. The van der Waals surface area contributed by atoms with Gasteiger partial charge in [-0.1, -0.05) is 11.6 Å². The summed E-state index contributed by atoms with van der Waals surface area (Å²) in [5.41, 5.74) is 1.85. The van der Waals surface area contributed by atoms with Crippen LogP contribution in [0.1, 0.15) is 29.5 Å². The van der Waals surface area contributed by atoms with Crippen LogP contribution in [0.15, 0.2) is 28.7 Å². The molecule has 20 heavy (non-hydrogen) atoms. The number of carbonyl (C=O) groups is 1. The fourth-order valence-corrected chi connectivity index (χ4v) is 2.00. The largest absolute Gasteiger partial charge is 0.457 e. The number of nitrogens with zero attached hydrogens (tertiary/aromatic N) is 1. The highest BCUT2D eigenvalue weighted by Gasteiger charge is 2.16. The van der Waals surface area contributed by atoms with Gasteiger partial charge in [0.15, 0.2) is 0 Å². The van der Waals surface area contributed by atoms with Gasteiger partial charge in [0.05, 0.1) is 0 Å². The first kappa shape index (κ1) is 14.6. The van der Waals surface area contributed by atoms with Gasteiger partial charge in [-0.15, -0.1) is 0 Å². The van der Waals surface area contributed by atoms with Gasteiger partial charge in [-0.05, 0) is 52.6 Å². The number of carbonyl (C=O) groups excluding carboxylic acids is 1. The summed E-state index contributed by atoms with van der Waals surface area (Å²) in [6, 6.07) is 7.56. The van der Waals surface area contributed by atoms with Crippen LogP contribution < -0.4 is 0 Å². The monoisotopic (exact) mass is 275 g/mol. The van der Waals surface area contributed by atoms with E-state index in [0.717, 1.165) is 23.9 Å². The zero-order chi connectivity index (χ0) is 14.7. The summed E-state index contributed by atoms with van der Waals surface area (Å²) in [6.45, 7) is 4.79. The molecule has 0 spiro atoms. The summed E-state index contributed by atoms with van der Waals surface area (Å²) < 4.78 is 10.9. The summed E-state index contributed by atoms with van der Waals surface area (Å²) in [4.78, 5) is 14.1. The number of hydrogen-bond donors (Lipinski definition) is 0. The molecule has 0 saturated carbocycles. The van der Waals surface area contributed by atoms with Gasteiger partial charge in [0, 0.05) is 11.9 Å². The van der Waals surface area contributed by atoms with Crippen molar-refractivity contribution in [1.29, 1.82) is 0 Å². The summed E-state index contributed by atoms with van der Waals surface area (Å²) >= 11 is 0.